The number of benzene rings is 1. The molecular weight excluding hydrogens is 324 g/mol. The molecule has 1 unspecified atom stereocenters. The van der Waals surface area contributed by atoms with Crippen molar-refractivity contribution in [3.63, 3.8) is 0 Å². The van der Waals surface area contributed by atoms with Crippen LogP contribution >= 0.6 is 11.8 Å². The van der Waals surface area contributed by atoms with Crippen LogP contribution in [-0.2, 0) is 4.79 Å². The summed E-state index contributed by atoms with van der Waals surface area (Å²) in [6.45, 7) is 9.50. The van der Waals surface area contributed by atoms with Crippen molar-refractivity contribution in [2.75, 3.05) is 5.32 Å². The van der Waals surface area contributed by atoms with Crippen LogP contribution in [0.1, 0.15) is 35.7 Å². The van der Waals surface area contributed by atoms with Crippen LogP contribution in [0.2, 0.25) is 0 Å². The van der Waals surface area contributed by atoms with E-state index >= 15 is 0 Å². The van der Waals surface area contributed by atoms with Crippen molar-refractivity contribution < 1.29 is 4.79 Å². The Bertz CT molecular complexity index is 793. The maximum Gasteiger partial charge on any atom is 0.273 e. The van der Waals surface area contributed by atoms with E-state index in [4.69, 9.17) is 0 Å². The average molecular weight is 346 g/mol. The van der Waals surface area contributed by atoms with Crippen LogP contribution in [0.5, 0.6) is 0 Å². The van der Waals surface area contributed by atoms with Gasteiger partial charge in [0.1, 0.15) is 5.69 Å². The number of aromatic nitrogens is 3. The standard InChI is InChI=1S/C17H22N4O2S/c1-6-13(24-17-19-15(22)12(5)20-21-17)16(23)18-14-10(3)7-9(2)8-11(14)4/h7-8,13H,6H2,1-5H3,(H,18,23)(H,19,21,22). The number of nitrogens with zero attached hydrogens (tertiary/aromatic N) is 2. The number of hydrogen-bond acceptors (Lipinski definition) is 5. The van der Waals surface area contributed by atoms with Crippen molar-refractivity contribution in [3.8, 4) is 0 Å². The molecule has 0 radical (unpaired) electrons. The molecule has 7 heteroatoms. The number of aryl methyl sites for hydroxylation is 4. The Morgan fingerprint density at radius 3 is 2.38 bits per heavy atom. The molecule has 1 amide bonds. The van der Waals surface area contributed by atoms with Gasteiger partial charge in [0.2, 0.25) is 5.91 Å². The molecule has 0 spiro atoms. The highest BCUT2D eigenvalue weighted by molar-refractivity contribution is 8.00. The van der Waals surface area contributed by atoms with E-state index < -0.39 is 0 Å². The van der Waals surface area contributed by atoms with E-state index in [1.807, 2.05) is 39.8 Å². The van der Waals surface area contributed by atoms with Gasteiger partial charge in [-0.3, -0.25) is 14.6 Å². The van der Waals surface area contributed by atoms with Crippen molar-refractivity contribution in [2.24, 2.45) is 0 Å². The van der Waals surface area contributed by atoms with Crippen molar-refractivity contribution >= 4 is 23.4 Å². The SMILES string of the molecule is CCC(Sc1nnc(C)c(=O)[nH]1)C(=O)Nc1c(C)cc(C)cc1C. The van der Waals surface area contributed by atoms with Gasteiger partial charge in [0.05, 0.1) is 5.25 Å². The maximum absolute atomic E-state index is 12.6. The highest BCUT2D eigenvalue weighted by Crippen LogP contribution is 2.26. The summed E-state index contributed by atoms with van der Waals surface area (Å²) < 4.78 is 0. The van der Waals surface area contributed by atoms with E-state index in [9.17, 15) is 9.59 Å². The topological polar surface area (TPSA) is 87.7 Å². The van der Waals surface area contributed by atoms with E-state index in [0.29, 0.717) is 17.3 Å². The summed E-state index contributed by atoms with van der Waals surface area (Å²) in [7, 11) is 0. The molecule has 0 aliphatic heterocycles. The van der Waals surface area contributed by atoms with Gasteiger partial charge < -0.3 is 5.32 Å². The molecule has 0 saturated carbocycles. The Morgan fingerprint density at radius 2 is 1.83 bits per heavy atom. The molecule has 128 valence electrons. The zero-order chi connectivity index (χ0) is 17.9. The predicted molar refractivity (Wildman–Crippen MR) is 96.6 cm³/mol. The minimum Gasteiger partial charge on any atom is -0.325 e. The molecule has 2 N–H and O–H groups in total. The number of H-pyrrole nitrogens is 1. The lowest BCUT2D eigenvalue weighted by atomic mass is 10.0. The van der Waals surface area contributed by atoms with Crippen LogP contribution in [0, 0.1) is 27.7 Å². The summed E-state index contributed by atoms with van der Waals surface area (Å²) in [4.78, 5) is 26.9. The molecular formula is C17H22N4O2S. The number of hydrogen-bond donors (Lipinski definition) is 2. The molecule has 1 aromatic carbocycles. The van der Waals surface area contributed by atoms with E-state index in [2.05, 4.69) is 20.5 Å². The van der Waals surface area contributed by atoms with Crippen molar-refractivity contribution in [3.05, 3.63) is 44.9 Å². The largest absolute Gasteiger partial charge is 0.325 e. The van der Waals surface area contributed by atoms with Crippen molar-refractivity contribution in [1.82, 2.24) is 15.2 Å². The fraction of sp³-hybridized carbons (Fsp3) is 0.412. The fourth-order valence-corrected chi connectivity index (χ4v) is 3.31. The summed E-state index contributed by atoms with van der Waals surface area (Å²) >= 11 is 1.21. The average Bonchev–Trinajstić information content (AvgIpc) is 2.51. The number of amides is 1. The Kier molecular flexibility index (Phi) is 5.77. The number of carbonyl (C=O) groups is 1. The second-order valence-electron chi connectivity index (χ2n) is 5.82. The molecule has 24 heavy (non-hydrogen) atoms. The van der Waals surface area contributed by atoms with E-state index in [0.717, 1.165) is 22.4 Å². The van der Waals surface area contributed by atoms with Gasteiger partial charge >= 0.3 is 0 Å². The third kappa shape index (κ3) is 4.23. The molecule has 6 nitrogen and oxygen atoms in total. The first-order chi connectivity index (χ1) is 11.3. The Hall–Kier alpha value is -2.15. The Balaban J connectivity index is 2.17. The zero-order valence-corrected chi connectivity index (χ0v) is 15.4. The van der Waals surface area contributed by atoms with Crippen molar-refractivity contribution in [2.45, 2.75) is 51.4 Å². The highest BCUT2D eigenvalue weighted by Gasteiger charge is 2.21. The van der Waals surface area contributed by atoms with Gasteiger partial charge in [-0.15, -0.1) is 10.2 Å². The number of anilines is 1. The van der Waals surface area contributed by atoms with Crippen LogP contribution in [0.4, 0.5) is 5.69 Å². The Labute approximate surface area is 145 Å². The lowest BCUT2D eigenvalue weighted by Gasteiger charge is -2.17. The highest BCUT2D eigenvalue weighted by atomic mass is 32.2. The summed E-state index contributed by atoms with van der Waals surface area (Å²) in [6, 6.07) is 4.08. The number of carbonyl (C=O) groups excluding carboxylic acids is 1. The first-order valence-corrected chi connectivity index (χ1v) is 8.68. The molecule has 1 aromatic heterocycles. The van der Waals surface area contributed by atoms with Crippen LogP contribution in [-0.4, -0.2) is 26.3 Å². The number of thioether (sulfide) groups is 1. The van der Waals surface area contributed by atoms with Gasteiger partial charge in [0.15, 0.2) is 5.16 Å². The predicted octanol–water partition coefficient (Wildman–Crippen LogP) is 2.91. The second-order valence-corrected chi connectivity index (χ2v) is 7.01. The minimum absolute atomic E-state index is 0.110. The molecule has 2 aromatic rings. The fourth-order valence-electron chi connectivity index (χ4n) is 2.47. The lowest BCUT2D eigenvalue weighted by Crippen LogP contribution is -2.26. The third-order valence-corrected chi connectivity index (χ3v) is 4.92. The van der Waals surface area contributed by atoms with Gasteiger partial charge in [-0.25, -0.2) is 0 Å². The monoisotopic (exact) mass is 346 g/mol. The molecule has 2 rings (SSSR count). The van der Waals surface area contributed by atoms with Gasteiger partial charge in [-0.05, 0) is 45.2 Å². The second kappa shape index (κ2) is 7.61. The number of nitrogens with one attached hydrogen (secondary N) is 2. The molecule has 0 aliphatic rings. The number of rotatable bonds is 5. The van der Waals surface area contributed by atoms with Gasteiger partial charge in [-0.2, -0.15) is 0 Å². The first-order valence-electron chi connectivity index (χ1n) is 7.80. The van der Waals surface area contributed by atoms with Crippen molar-refractivity contribution in [1.29, 1.82) is 0 Å². The van der Waals surface area contributed by atoms with E-state index in [1.54, 1.807) is 6.92 Å². The van der Waals surface area contributed by atoms with Gasteiger partial charge in [0, 0.05) is 5.69 Å². The lowest BCUT2D eigenvalue weighted by molar-refractivity contribution is -0.115. The van der Waals surface area contributed by atoms with Crippen LogP contribution in [0.25, 0.3) is 0 Å². The maximum atomic E-state index is 12.6. The zero-order valence-electron chi connectivity index (χ0n) is 14.6. The van der Waals surface area contributed by atoms with E-state index in [1.165, 1.54) is 11.8 Å². The smallest absolute Gasteiger partial charge is 0.273 e. The minimum atomic E-state index is -0.363. The summed E-state index contributed by atoms with van der Waals surface area (Å²) in [5.74, 6) is -0.110. The molecule has 0 fully saturated rings. The van der Waals surface area contributed by atoms with Crippen LogP contribution in [0.15, 0.2) is 22.1 Å². The first kappa shape index (κ1) is 18.2. The summed E-state index contributed by atoms with van der Waals surface area (Å²) in [5.41, 5.74) is 4.09. The molecule has 0 saturated heterocycles. The van der Waals surface area contributed by atoms with E-state index in [-0.39, 0.29) is 16.7 Å². The normalized spacial score (nSPS) is 12.0. The quantitative estimate of drug-likeness (QED) is 0.813. The summed E-state index contributed by atoms with van der Waals surface area (Å²) in [5, 5.41) is 10.7. The summed E-state index contributed by atoms with van der Waals surface area (Å²) in [6.07, 6.45) is 0.609. The molecule has 1 heterocycles. The number of aromatic amines is 1. The molecule has 0 bridgehead atoms. The van der Waals surface area contributed by atoms with Gasteiger partial charge in [0.25, 0.3) is 5.56 Å². The van der Waals surface area contributed by atoms with Crippen LogP contribution in [0.3, 0.4) is 0 Å². The van der Waals surface area contributed by atoms with Gasteiger partial charge in [-0.1, -0.05) is 36.4 Å². The third-order valence-electron chi connectivity index (χ3n) is 3.68. The van der Waals surface area contributed by atoms with Crippen LogP contribution < -0.4 is 10.9 Å². The molecule has 1 atom stereocenters. The molecule has 0 aliphatic carbocycles. The Morgan fingerprint density at radius 1 is 1.21 bits per heavy atom.